The topological polar surface area (TPSA) is 70.5 Å². The average molecular weight is 274 g/mol. The van der Waals surface area contributed by atoms with E-state index in [1.807, 2.05) is 0 Å². The first-order chi connectivity index (χ1) is 9.71. The highest BCUT2D eigenvalue weighted by Crippen LogP contribution is 2.35. The van der Waals surface area contributed by atoms with Gasteiger partial charge in [-0.05, 0) is 6.07 Å². The van der Waals surface area contributed by atoms with Crippen LogP contribution in [0.1, 0.15) is 15.9 Å². The molecule has 2 rings (SSSR count). The Balaban J connectivity index is 2.53. The van der Waals surface area contributed by atoms with Crippen molar-refractivity contribution in [2.45, 2.75) is 0 Å². The molecule has 104 valence electrons. The zero-order chi connectivity index (χ0) is 14.5. The molecule has 0 N–H and O–H groups in total. The highest BCUT2D eigenvalue weighted by atomic mass is 16.5. The second kappa shape index (κ2) is 6.01. The number of hydrogen-bond donors (Lipinski definition) is 0. The molecule has 0 bridgehead atoms. The van der Waals surface area contributed by atoms with E-state index >= 15 is 0 Å². The average Bonchev–Trinajstić information content (AvgIpc) is 2.53. The van der Waals surface area contributed by atoms with Gasteiger partial charge in [-0.3, -0.25) is 4.79 Å². The molecule has 0 radical (unpaired) electrons. The van der Waals surface area contributed by atoms with Crippen LogP contribution >= 0.6 is 0 Å². The third-order valence-corrected chi connectivity index (χ3v) is 2.77. The Bertz CT molecular complexity index is 614. The normalized spacial score (nSPS) is 9.95. The standard InChI is InChI=1S/C14H14N2O4/c1-18-11-5-13(20-3)12(19-2)4-10(11)14(17)9-6-15-8-16-7-9/h4-8H,1-3H3. The molecule has 0 aliphatic heterocycles. The van der Waals surface area contributed by atoms with Crippen LogP contribution in [0.15, 0.2) is 30.9 Å². The zero-order valence-corrected chi connectivity index (χ0v) is 11.4. The molecule has 6 nitrogen and oxygen atoms in total. The van der Waals surface area contributed by atoms with Crippen molar-refractivity contribution in [1.82, 2.24) is 9.97 Å². The van der Waals surface area contributed by atoms with Crippen LogP contribution < -0.4 is 14.2 Å². The first kappa shape index (κ1) is 13.8. The fourth-order valence-electron chi connectivity index (χ4n) is 1.78. The summed E-state index contributed by atoms with van der Waals surface area (Å²) in [5, 5.41) is 0. The van der Waals surface area contributed by atoms with Gasteiger partial charge in [-0.15, -0.1) is 0 Å². The smallest absolute Gasteiger partial charge is 0.199 e. The molecule has 1 aromatic heterocycles. The minimum atomic E-state index is -0.247. The summed E-state index contributed by atoms with van der Waals surface area (Å²) in [6, 6.07) is 3.18. The zero-order valence-electron chi connectivity index (χ0n) is 11.4. The molecule has 0 aliphatic carbocycles. The Labute approximate surface area is 116 Å². The molecule has 0 unspecified atom stereocenters. The molecule has 6 heteroatoms. The summed E-state index contributed by atoms with van der Waals surface area (Å²) in [7, 11) is 4.51. The predicted octanol–water partition coefficient (Wildman–Crippen LogP) is 1.73. The van der Waals surface area contributed by atoms with Crippen molar-refractivity contribution >= 4 is 5.78 Å². The van der Waals surface area contributed by atoms with E-state index < -0.39 is 0 Å². The minimum Gasteiger partial charge on any atom is -0.496 e. The second-order valence-corrected chi connectivity index (χ2v) is 3.86. The van der Waals surface area contributed by atoms with Crippen molar-refractivity contribution in [3.63, 3.8) is 0 Å². The summed E-state index contributed by atoms with van der Waals surface area (Å²) in [6.45, 7) is 0. The van der Waals surface area contributed by atoms with Crippen LogP contribution in [0.2, 0.25) is 0 Å². The predicted molar refractivity (Wildman–Crippen MR) is 71.6 cm³/mol. The number of methoxy groups -OCH3 is 3. The Morgan fingerprint density at radius 2 is 1.45 bits per heavy atom. The van der Waals surface area contributed by atoms with Crippen LogP contribution in [-0.2, 0) is 0 Å². The maximum absolute atomic E-state index is 12.4. The van der Waals surface area contributed by atoms with Crippen molar-refractivity contribution < 1.29 is 19.0 Å². The van der Waals surface area contributed by atoms with E-state index in [9.17, 15) is 4.79 Å². The quantitative estimate of drug-likeness (QED) is 0.773. The van der Waals surface area contributed by atoms with Crippen molar-refractivity contribution in [2.75, 3.05) is 21.3 Å². The fraction of sp³-hybridized carbons (Fsp3) is 0.214. The molecular weight excluding hydrogens is 260 g/mol. The Morgan fingerprint density at radius 3 is 2.00 bits per heavy atom. The van der Waals surface area contributed by atoms with Gasteiger partial charge in [0.25, 0.3) is 0 Å². The minimum absolute atomic E-state index is 0.247. The first-order valence-electron chi connectivity index (χ1n) is 5.81. The lowest BCUT2D eigenvalue weighted by Crippen LogP contribution is -2.06. The maximum atomic E-state index is 12.4. The number of ether oxygens (including phenoxy) is 3. The highest BCUT2D eigenvalue weighted by molar-refractivity contribution is 6.10. The monoisotopic (exact) mass is 274 g/mol. The van der Waals surface area contributed by atoms with Gasteiger partial charge in [-0.1, -0.05) is 0 Å². The molecule has 0 amide bonds. The van der Waals surface area contributed by atoms with E-state index in [1.54, 1.807) is 12.1 Å². The van der Waals surface area contributed by atoms with Crippen LogP contribution in [0.5, 0.6) is 17.2 Å². The third kappa shape index (κ3) is 2.54. The maximum Gasteiger partial charge on any atom is 0.199 e. The molecule has 0 atom stereocenters. The van der Waals surface area contributed by atoms with Gasteiger partial charge >= 0.3 is 0 Å². The Kier molecular flexibility index (Phi) is 4.14. The number of ketones is 1. The van der Waals surface area contributed by atoms with Gasteiger partial charge in [0, 0.05) is 18.5 Å². The summed E-state index contributed by atoms with van der Waals surface area (Å²) in [5.74, 6) is 1.10. The molecule has 1 aromatic carbocycles. The van der Waals surface area contributed by atoms with E-state index in [0.717, 1.165) is 0 Å². The summed E-state index contributed by atoms with van der Waals surface area (Å²) in [4.78, 5) is 20.1. The van der Waals surface area contributed by atoms with E-state index in [-0.39, 0.29) is 5.78 Å². The van der Waals surface area contributed by atoms with Crippen LogP contribution in [0.4, 0.5) is 0 Å². The van der Waals surface area contributed by atoms with Gasteiger partial charge in [-0.2, -0.15) is 0 Å². The molecular formula is C14H14N2O4. The Morgan fingerprint density at radius 1 is 0.900 bits per heavy atom. The number of carbonyl (C=O) groups excluding carboxylic acids is 1. The van der Waals surface area contributed by atoms with E-state index in [4.69, 9.17) is 14.2 Å². The summed E-state index contributed by atoms with van der Waals surface area (Å²) < 4.78 is 15.6. The van der Waals surface area contributed by atoms with Gasteiger partial charge in [0.2, 0.25) is 0 Å². The molecule has 0 spiro atoms. The number of hydrogen-bond acceptors (Lipinski definition) is 6. The van der Waals surface area contributed by atoms with Gasteiger partial charge in [0.05, 0.1) is 32.5 Å². The molecule has 1 heterocycles. The number of rotatable bonds is 5. The van der Waals surface area contributed by atoms with Crippen LogP contribution in [0.3, 0.4) is 0 Å². The molecule has 0 saturated carbocycles. The molecule has 0 saturated heterocycles. The van der Waals surface area contributed by atoms with Gasteiger partial charge in [0.1, 0.15) is 12.1 Å². The lowest BCUT2D eigenvalue weighted by molar-refractivity contribution is 0.103. The van der Waals surface area contributed by atoms with Crippen molar-refractivity contribution in [1.29, 1.82) is 0 Å². The van der Waals surface area contributed by atoms with Crippen molar-refractivity contribution in [3.8, 4) is 17.2 Å². The summed E-state index contributed by atoms with van der Waals surface area (Å²) in [5.41, 5.74) is 0.734. The Hall–Kier alpha value is -2.63. The van der Waals surface area contributed by atoms with E-state index in [1.165, 1.54) is 40.1 Å². The van der Waals surface area contributed by atoms with Gasteiger partial charge in [-0.25, -0.2) is 9.97 Å². The van der Waals surface area contributed by atoms with Crippen molar-refractivity contribution in [3.05, 3.63) is 42.0 Å². The molecule has 0 fully saturated rings. The lowest BCUT2D eigenvalue weighted by Gasteiger charge is -2.13. The highest BCUT2D eigenvalue weighted by Gasteiger charge is 2.19. The van der Waals surface area contributed by atoms with Crippen LogP contribution in [0, 0.1) is 0 Å². The lowest BCUT2D eigenvalue weighted by atomic mass is 10.0. The van der Waals surface area contributed by atoms with Crippen LogP contribution in [-0.4, -0.2) is 37.1 Å². The van der Waals surface area contributed by atoms with Crippen LogP contribution in [0.25, 0.3) is 0 Å². The fourth-order valence-corrected chi connectivity index (χ4v) is 1.78. The summed E-state index contributed by atoms with van der Waals surface area (Å²) >= 11 is 0. The van der Waals surface area contributed by atoms with Crippen molar-refractivity contribution in [2.24, 2.45) is 0 Å². The number of nitrogens with zero attached hydrogens (tertiary/aromatic N) is 2. The SMILES string of the molecule is COc1cc(OC)c(C(=O)c2cncnc2)cc1OC. The number of carbonyl (C=O) groups is 1. The largest absolute Gasteiger partial charge is 0.496 e. The first-order valence-corrected chi connectivity index (χ1v) is 5.81. The van der Waals surface area contributed by atoms with Gasteiger partial charge in [0.15, 0.2) is 17.3 Å². The van der Waals surface area contributed by atoms with E-state index in [2.05, 4.69) is 9.97 Å². The molecule has 20 heavy (non-hydrogen) atoms. The molecule has 0 aliphatic rings. The third-order valence-electron chi connectivity index (χ3n) is 2.77. The van der Waals surface area contributed by atoms with E-state index in [0.29, 0.717) is 28.4 Å². The number of benzene rings is 1. The van der Waals surface area contributed by atoms with Gasteiger partial charge < -0.3 is 14.2 Å². The molecule has 2 aromatic rings. The summed E-state index contributed by atoms with van der Waals surface area (Å²) in [6.07, 6.45) is 4.26. The number of aromatic nitrogens is 2. The second-order valence-electron chi connectivity index (χ2n) is 3.86.